The number of alkyl halides is 6. The molecule has 0 bridgehead atoms. The van der Waals surface area contributed by atoms with Crippen molar-refractivity contribution >= 4 is 23.2 Å². The van der Waals surface area contributed by atoms with E-state index in [1.54, 1.807) is 39.0 Å². The van der Waals surface area contributed by atoms with E-state index in [4.69, 9.17) is 4.74 Å². The Morgan fingerprint density at radius 3 is 2.17 bits per heavy atom. The number of hydrogen-bond donors (Lipinski definition) is 1. The molecule has 1 fully saturated rings. The number of benzene rings is 2. The Morgan fingerprint density at radius 2 is 1.67 bits per heavy atom. The molecule has 1 aliphatic rings. The molecule has 2 aromatic rings. The van der Waals surface area contributed by atoms with Crippen molar-refractivity contribution < 1.29 is 40.7 Å². The van der Waals surface area contributed by atoms with Crippen molar-refractivity contribution in [1.29, 1.82) is 0 Å². The van der Waals surface area contributed by atoms with E-state index in [9.17, 15) is 35.9 Å². The second-order valence-corrected chi connectivity index (χ2v) is 9.23. The molecule has 0 spiro atoms. The quantitative estimate of drug-likeness (QED) is 0.466. The van der Waals surface area contributed by atoms with E-state index in [1.165, 1.54) is 12.0 Å². The monoisotopic (exact) mass is 516 g/mol. The first-order valence-corrected chi connectivity index (χ1v) is 11.1. The molecule has 0 aromatic heterocycles. The molecule has 1 N–H and O–H groups in total. The highest BCUT2D eigenvalue weighted by molar-refractivity contribution is 6.06. The lowest BCUT2D eigenvalue weighted by molar-refractivity contribution is -0.143. The van der Waals surface area contributed by atoms with Crippen LogP contribution in [-0.2, 0) is 33.3 Å². The number of para-hydroxylation sites is 1. The molecule has 11 heteroatoms. The molecule has 0 unspecified atom stereocenters. The highest BCUT2D eigenvalue weighted by Gasteiger charge is 2.52. The van der Waals surface area contributed by atoms with Crippen LogP contribution in [0.25, 0.3) is 0 Å². The van der Waals surface area contributed by atoms with Gasteiger partial charge in [0.05, 0.1) is 28.8 Å². The zero-order chi connectivity index (χ0) is 27.1. The Labute approximate surface area is 204 Å². The zero-order valence-electron chi connectivity index (χ0n) is 20.1. The van der Waals surface area contributed by atoms with Gasteiger partial charge in [-0.1, -0.05) is 32.0 Å². The molecule has 2 aromatic carbocycles. The molecular formula is C25H26F6N2O3. The van der Waals surface area contributed by atoms with Gasteiger partial charge in [-0.15, -0.1) is 0 Å². The molecule has 1 saturated heterocycles. The second-order valence-electron chi connectivity index (χ2n) is 9.23. The minimum atomic E-state index is -5.06. The fraction of sp³-hybridized carbons (Fsp3) is 0.440. The van der Waals surface area contributed by atoms with Crippen LogP contribution in [0.15, 0.2) is 36.4 Å². The van der Waals surface area contributed by atoms with Crippen molar-refractivity contribution in [3.63, 3.8) is 0 Å². The lowest BCUT2D eigenvalue weighted by atomic mass is 9.75. The fourth-order valence-electron chi connectivity index (χ4n) is 4.46. The van der Waals surface area contributed by atoms with E-state index in [1.807, 2.05) is 0 Å². The summed E-state index contributed by atoms with van der Waals surface area (Å²) in [5.41, 5.74) is -3.10. The maximum absolute atomic E-state index is 13.4. The first-order valence-electron chi connectivity index (χ1n) is 11.1. The van der Waals surface area contributed by atoms with E-state index in [-0.39, 0.29) is 31.5 Å². The lowest BCUT2D eigenvalue weighted by Crippen LogP contribution is -2.43. The molecule has 2 amide bonds. The maximum Gasteiger partial charge on any atom is 0.416 e. The largest absolute Gasteiger partial charge is 0.416 e. The summed E-state index contributed by atoms with van der Waals surface area (Å²) in [6.07, 6.45) is -10.4. The van der Waals surface area contributed by atoms with Crippen LogP contribution in [0.3, 0.4) is 0 Å². The number of nitrogens with one attached hydrogen (secondary N) is 1. The van der Waals surface area contributed by atoms with E-state index < -0.39 is 46.4 Å². The number of hydrogen-bond acceptors (Lipinski definition) is 3. The van der Waals surface area contributed by atoms with Crippen LogP contribution in [0.2, 0.25) is 0 Å². The summed E-state index contributed by atoms with van der Waals surface area (Å²) in [5, 5.41) is 2.24. The van der Waals surface area contributed by atoms with Crippen LogP contribution in [0, 0.1) is 18.3 Å². The van der Waals surface area contributed by atoms with Gasteiger partial charge < -0.3 is 15.0 Å². The first kappa shape index (κ1) is 27.5. The van der Waals surface area contributed by atoms with Crippen molar-refractivity contribution in [2.45, 2.75) is 46.2 Å². The van der Waals surface area contributed by atoms with Gasteiger partial charge >= 0.3 is 12.4 Å². The van der Waals surface area contributed by atoms with Gasteiger partial charge in [0.1, 0.15) is 0 Å². The minimum absolute atomic E-state index is 0.00971. The number of rotatable bonds is 6. The number of ether oxygens (including phenoxy) is 1. The normalized spacial score (nSPS) is 18.8. The van der Waals surface area contributed by atoms with Gasteiger partial charge in [-0.25, -0.2) is 0 Å². The summed E-state index contributed by atoms with van der Waals surface area (Å²) >= 11 is 0. The van der Waals surface area contributed by atoms with Gasteiger partial charge in [-0.05, 0) is 36.6 Å². The van der Waals surface area contributed by atoms with Gasteiger partial charge in [0.15, 0.2) is 0 Å². The molecule has 1 atom stereocenters. The van der Waals surface area contributed by atoms with E-state index >= 15 is 0 Å². The molecule has 0 radical (unpaired) electrons. The third kappa shape index (κ3) is 5.35. The molecule has 3 rings (SSSR count). The predicted molar refractivity (Wildman–Crippen MR) is 121 cm³/mol. The SMILES string of the molecule is COCc1cccc(C)c1N1C[C@](C(=O)Nc2cc(C(F)(F)F)cc(C(F)(F)F)c2)(C(C)C)CC1=O. The van der Waals surface area contributed by atoms with Crippen LogP contribution >= 0.6 is 0 Å². The molecule has 5 nitrogen and oxygen atoms in total. The first-order chi connectivity index (χ1) is 16.6. The summed E-state index contributed by atoms with van der Waals surface area (Å²) in [6, 6.07) is 6.25. The number of halogens is 6. The van der Waals surface area contributed by atoms with Gasteiger partial charge in [0, 0.05) is 31.3 Å². The molecule has 36 heavy (non-hydrogen) atoms. The van der Waals surface area contributed by atoms with Gasteiger partial charge in [0.25, 0.3) is 0 Å². The Hall–Kier alpha value is -3.08. The number of methoxy groups -OCH3 is 1. The Bertz CT molecular complexity index is 1130. The smallest absolute Gasteiger partial charge is 0.380 e. The summed E-state index contributed by atoms with van der Waals surface area (Å²) in [6.45, 7) is 5.25. The Kier molecular flexibility index (Phi) is 7.46. The van der Waals surface area contributed by atoms with Gasteiger partial charge in [0.2, 0.25) is 11.8 Å². The van der Waals surface area contributed by atoms with Crippen molar-refractivity contribution in [3.8, 4) is 0 Å². The number of nitrogens with zero attached hydrogens (tertiary/aromatic N) is 1. The highest BCUT2D eigenvalue weighted by Crippen LogP contribution is 2.44. The topological polar surface area (TPSA) is 58.6 Å². The fourth-order valence-corrected chi connectivity index (χ4v) is 4.46. The Balaban J connectivity index is 2.01. The van der Waals surface area contributed by atoms with Crippen LogP contribution in [0.5, 0.6) is 0 Å². The van der Waals surface area contributed by atoms with Crippen LogP contribution in [0.4, 0.5) is 37.7 Å². The predicted octanol–water partition coefficient (Wildman–Crippen LogP) is 6.20. The molecular weight excluding hydrogens is 490 g/mol. The summed E-state index contributed by atoms with van der Waals surface area (Å²) in [5.74, 6) is -1.68. The molecule has 1 aliphatic heterocycles. The number of aryl methyl sites for hydroxylation is 1. The standard InChI is InChI=1S/C25H26F6N2O3/c1-14(2)23(11-20(34)33(13-23)21-15(3)6-5-7-16(21)12-36-4)22(35)32-19-9-17(24(26,27)28)8-18(10-19)25(29,30)31/h5-10,14H,11-13H2,1-4H3,(H,32,35)/t23-/m0/s1. The van der Waals surface area contributed by atoms with Crippen molar-refractivity contribution in [3.05, 3.63) is 58.7 Å². The molecule has 196 valence electrons. The number of anilines is 2. The Morgan fingerprint density at radius 1 is 1.08 bits per heavy atom. The van der Waals surface area contributed by atoms with Gasteiger partial charge in [-0.2, -0.15) is 26.3 Å². The van der Waals surface area contributed by atoms with E-state index in [2.05, 4.69) is 5.32 Å². The molecule has 0 saturated carbocycles. The van der Waals surface area contributed by atoms with Crippen LogP contribution < -0.4 is 10.2 Å². The van der Waals surface area contributed by atoms with Crippen LogP contribution in [0.1, 0.15) is 42.5 Å². The van der Waals surface area contributed by atoms with Gasteiger partial charge in [-0.3, -0.25) is 9.59 Å². The second kappa shape index (κ2) is 9.76. The minimum Gasteiger partial charge on any atom is -0.380 e. The molecule has 1 heterocycles. The zero-order valence-corrected chi connectivity index (χ0v) is 20.1. The maximum atomic E-state index is 13.4. The van der Waals surface area contributed by atoms with Crippen molar-refractivity contribution in [2.24, 2.45) is 11.3 Å². The van der Waals surface area contributed by atoms with E-state index in [0.717, 1.165) is 5.56 Å². The van der Waals surface area contributed by atoms with E-state index in [0.29, 0.717) is 23.4 Å². The van der Waals surface area contributed by atoms with Crippen LogP contribution in [-0.4, -0.2) is 25.5 Å². The van der Waals surface area contributed by atoms with Crippen molar-refractivity contribution in [2.75, 3.05) is 23.9 Å². The number of carbonyl (C=O) groups is 2. The summed E-state index contributed by atoms with van der Waals surface area (Å²) in [4.78, 5) is 28.0. The highest BCUT2D eigenvalue weighted by atomic mass is 19.4. The number of carbonyl (C=O) groups excluding carboxylic acids is 2. The third-order valence-electron chi connectivity index (χ3n) is 6.50. The summed E-state index contributed by atoms with van der Waals surface area (Å²) < 4.78 is 84.8. The van der Waals surface area contributed by atoms with Crippen molar-refractivity contribution in [1.82, 2.24) is 0 Å². The number of amides is 2. The average Bonchev–Trinajstić information content (AvgIpc) is 3.11. The summed E-state index contributed by atoms with van der Waals surface area (Å²) in [7, 11) is 1.49. The average molecular weight is 516 g/mol. The third-order valence-corrected chi connectivity index (χ3v) is 6.50. The molecule has 0 aliphatic carbocycles. The lowest BCUT2D eigenvalue weighted by Gasteiger charge is -2.32.